The van der Waals surface area contributed by atoms with E-state index in [1.165, 1.54) is 24.3 Å². The summed E-state index contributed by atoms with van der Waals surface area (Å²) in [4.78, 5) is 13.8. The fourth-order valence-corrected chi connectivity index (χ4v) is 3.24. The van der Waals surface area contributed by atoms with Gasteiger partial charge in [0, 0.05) is 0 Å². The molecule has 2 aromatic carbocycles. The van der Waals surface area contributed by atoms with Crippen molar-refractivity contribution < 1.29 is 17.9 Å². The minimum Gasteiger partial charge on any atom is -0.483 e. The first-order valence-electron chi connectivity index (χ1n) is 8.27. The van der Waals surface area contributed by atoms with E-state index in [2.05, 4.69) is 5.43 Å². The molecule has 142 valence electrons. The van der Waals surface area contributed by atoms with Crippen molar-refractivity contribution in [3.8, 4) is 11.8 Å². The predicted octanol–water partition coefficient (Wildman–Crippen LogP) is 2.38. The number of nitriles is 1. The van der Waals surface area contributed by atoms with Gasteiger partial charge in [-0.25, -0.2) is 8.42 Å². The van der Waals surface area contributed by atoms with E-state index in [0.29, 0.717) is 5.75 Å². The lowest BCUT2D eigenvalue weighted by molar-refractivity contribution is -0.123. The Morgan fingerprint density at radius 2 is 1.96 bits per heavy atom. The van der Waals surface area contributed by atoms with Gasteiger partial charge in [-0.1, -0.05) is 32.0 Å². The maximum atomic E-state index is 12.2. The molecular formula is C19H21N3O4S. The van der Waals surface area contributed by atoms with Gasteiger partial charge in [-0.15, -0.1) is 4.83 Å². The summed E-state index contributed by atoms with van der Waals surface area (Å²) in [5.41, 5.74) is 4.26. The summed E-state index contributed by atoms with van der Waals surface area (Å²) in [5.74, 6) is 0.158. The molecule has 2 aromatic rings. The number of carbonyl (C=O) groups excluding carboxylic acids is 1. The SMILES string of the molecule is Cc1ccc(C(C)C)c(OCC(=O)NNS(=O)(=O)c2cccc(C#N)c2)c1. The number of nitrogens with one attached hydrogen (secondary N) is 2. The van der Waals surface area contributed by atoms with Crippen molar-refractivity contribution in [1.82, 2.24) is 10.3 Å². The Labute approximate surface area is 159 Å². The number of amides is 1. The molecule has 0 heterocycles. The molecule has 0 saturated heterocycles. The molecule has 0 aliphatic heterocycles. The van der Waals surface area contributed by atoms with E-state index >= 15 is 0 Å². The minimum absolute atomic E-state index is 0.122. The van der Waals surface area contributed by atoms with E-state index < -0.39 is 15.9 Å². The zero-order chi connectivity index (χ0) is 20.0. The molecular weight excluding hydrogens is 366 g/mol. The normalized spacial score (nSPS) is 11.1. The Kier molecular flexibility index (Phi) is 6.55. The van der Waals surface area contributed by atoms with Crippen LogP contribution in [0, 0.1) is 18.3 Å². The average molecular weight is 387 g/mol. The van der Waals surface area contributed by atoms with Gasteiger partial charge < -0.3 is 4.74 Å². The minimum atomic E-state index is -3.99. The van der Waals surface area contributed by atoms with Crippen LogP contribution in [0.15, 0.2) is 47.4 Å². The maximum absolute atomic E-state index is 12.2. The summed E-state index contributed by atoms with van der Waals surface area (Å²) in [6, 6.07) is 13.1. The Bertz CT molecular complexity index is 979. The number of carbonyl (C=O) groups is 1. The number of benzene rings is 2. The first-order valence-corrected chi connectivity index (χ1v) is 9.75. The van der Waals surface area contributed by atoms with Crippen LogP contribution in [0.3, 0.4) is 0 Å². The molecule has 2 N–H and O–H groups in total. The van der Waals surface area contributed by atoms with Crippen LogP contribution >= 0.6 is 0 Å². The number of ether oxygens (including phenoxy) is 1. The van der Waals surface area contributed by atoms with Crippen molar-refractivity contribution in [1.29, 1.82) is 5.26 Å². The highest BCUT2D eigenvalue weighted by molar-refractivity contribution is 7.89. The first-order chi connectivity index (χ1) is 12.7. The third-order valence-corrected chi connectivity index (χ3v) is 4.99. The van der Waals surface area contributed by atoms with Crippen molar-refractivity contribution in [3.05, 3.63) is 59.2 Å². The van der Waals surface area contributed by atoms with Crippen molar-refractivity contribution in [2.24, 2.45) is 0 Å². The number of hydrogen-bond acceptors (Lipinski definition) is 5. The summed E-state index contributed by atoms with van der Waals surface area (Å²) < 4.78 is 29.9. The van der Waals surface area contributed by atoms with Crippen molar-refractivity contribution in [2.45, 2.75) is 31.6 Å². The molecule has 2 rings (SSSR count). The maximum Gasteiger partial charge on any atom is 0.272 e. The van der Waals surface area contributed by atoms with E-state index in [1.807, 2.05) is 49.9 Å². The standard InChI is InChI=1S/C19H21N3O4S/c1-13(2)17-8-7-14(3)9-18(17)26-12-19(23)21-22-27(24,25)16-6-4-5-15(10-16)11-20/h4-10,13,22H,12H2,1-3H3,(H,21,23). The smallest absolute Gasteiger partial charge is 0.272 e. The largest absolute Gasteiger partial charge is 0.483 e. The van der Waals surface area contributed by atoms with Gasteiger partial charge in [0.05, 0.1) is 16.5 Å². The zero-order valence-corrected chi connectivity index (χ0v) is 16.1. The van der Waals surface area contributed by atoms with Gasteiger partial charge in [-0.2, -0.15) is 5.26 Å². The van der Waals surface area contributed by atoms with Gasteiger partial charge in [-0.05, 0) is 48.2 Å². The number of sulfonamides is 1. The van der Waals surface area contributed by atoms with Crippen LogP contribution in [0.1, 0.15) is 36.5 Å². The van der Waals surface area contributed by atoms with Crippen LogP contribution in [0.25, 0.3) is 0 Å². The fourth-order valence-electron chi connectivity index (χ4n) is 2.34. The monoisotopic (exact) mass is 387 g/mol. The first kappa shape index (κ1) is 20.4. The van der Waals surface area contributed by atoms with Gasteiger partial charge in [0.25, 0.3) is 15.9 Å². The van der Waals surface area contributed by atoms with E-state index in [0.717, 1.165) is 11.1 Å². The predicted molar refractivity (Wildman–Crippen MR) is 100 cm³/mol. The molecule has 27 heavy (non-hydrogen) atoms. The molecule has 0 bridgehead atoms. The summed E-state index contributed by atoms with van der Waals surface area (Å²) in [5, 5.41) is 8.85. The Hall–Kier alpha value is -2.89. The second kappa shape index (κ2) is 8.66. The molecule has 0 radical (unpaired) electrons. The molecule has 0 aliphatic carbocycles. The van der Waals surface area contributed by atoms with Crippen LogP contribution in [-0.2, 0) is 14.8 Å². The van der Waals surface area contributed by atoms with Gasteiger partial charge in [0.15, 0.2) is 6.61 Å². The summed E-state index contributed by atoms with van der Waals surface area (Å²) >= 11 is 0. The van der Waals surface area contributed by atoms with Crippen LogP contribution in [0.4, 0.5) is 0 Å². The fraction of sp³-hybridized carbons (Fsp3) is 0.263. The number of hydrazine groups is 1. The second-order valence-corrected chi connectivity index (χ2v) is 7.96. The number of hydrogen-bond donors (Lipinski definition) is 2. The molecule has 0 spiro atoms. The van der Waals surface area contributed by atoms with Crippen LogP contribution < -0.4 is 15.0 Å². The molecule has 0 fully saturated rings. The zero-order valence-electron chi connectivity index (χ0n) is 15.3. The van der Waals surface area contributed by atoms with Gasteiger partial charge in [0.1, 0.15) is 5.75 Å². The third-order valence-electron chi connectivity index (χ3n) is 3.75. The lowest BCUT2D eigenvalue weighted by Crippen LogP contribution is -2.43. The van der Waals surface area contributed by atoms with Crippen LogP contribution in [0.2, 0.25) is 0 Å². The highest BCUT2D eigenvalue weighted by atomic mass is 32.2. The topological polar surface area (TPSA) is 108 Å². The molecule has 8 heteroatoms. The van der Waals surface area contributed by atoms with Crippen molar-refractivity contribution in [2.75, 3.05) is 6.61 Å². The summed E-state index contributed by atoms with van der Waals surface area (Å²) in [7, 11) is -3.99. The quantitative estimate of drug-likeness (QED) is 0.709. The molecule has 0 aromatic heterocycles. The van der Waals surface area contributed by atoms with E-state index in [4.69, 9.17) is 10.00 Å². The third kappa shape index (κ3) is 5.54. The molecule has 0 saturated carbocycles. The molecule has 0 atom stereocenters. The van der Waals surface area contributed by atoms with E-state index in [9.17, 15) is 13.2 Å². The summed E-state index contributed by atoms with van der Waals surface area (Å²) in [6.45, 7) is 5.60. The Morgan fingerprint density at radius 1 is 1.22 bits per heavy atom. The second-order valence-electron chi connectivity index (χ2n) is 6.28. The average Bonchev–Trinajstić information content (AvgIpc) is 2.64. The molecule has 0 unspecified atom stereocenters. The van der Waals surface area contributed by atoms with Gasteiger partial charge in [-0.3, -0.25) is 10.2 Å². The van der Waals surface area contributed by atoms with Crippen molar-refractivity contribution >= 4 is 15.9 Å². The van der Waals surface area contributed by atoms with Gasteiger partial charge in [0.2, 0.25) is 0 Å². The highest BCUT2D eigenvalue weighted by Crippen LogP contribution is 2.27. The Morgan fingerprint density at radius 3 is 2.63 bits per heavy atom. The molecule has 7 nitrogen and oxygen atoms in total. The number of rotatable bonds is 7. The number of nitrogens with zero attached hydrogens (tertiary/aromatic N) is 1. The highest BCUT2D eigenvalue weighted by Gasteiger charge is 2.16. The lowest BCUT2D eigenvalue weighted by atomic mass is 10.0. The number of aryl methyl sites for hydroxylation is 1. The van der Waals surface area contributed by atoms with Crippen LogP contribution in [0.5, 0.6) is 5.75 Å². The van der Waals surface area contributed by atoms with E-state index in [1.54, 1.807) is 0 Å². The van der Waals surface area contributed by atoms with Gasteiger partial charge >= 0.3 is 0 Å². The molecule has 0 aliphatic rings. The van der Waals surface area contributed by atoms with Crippen molar-refractivity contribution in [3.63, 3.8) is 0 Å². The lowest BCUT2D eigenvalue weighted by Gasteiger charge is -2.15. The Balaban J connectivity index is 1.99. The summed E-state index contributed by atoms with van der Waals surface area (Å²) in [6.07, 6.45) is 0. The van der Waals surface area contributed by atoms with E-state index in [-0.39, 0.29) is 23.0 Å². The molecule has 1 amide bonds. The van der Waals surface area contributed by atoms with Crippen LogP contribution in [-0.4, -0.2) is 20.9 Å².